The number of rotatable bonds is 5. The molecule has 28 heavy (non-hydrogen) atoms. The van der Waals surface area contributed by atoms with Gasteiger partial charge < -0.3 is 9.80 Å². The molecule has 0 N–H and O–H groups in total. The van der Waals surface area contributed by atoms with Gasteiger partial charge in [0.25, 0.3) is 0 Å². The molecular weight excluding hydrogens is 346 g/mol. The van der Waals surface area contributed by atoms with Crippen LogP contribution in [0.2, 0.25) is 0 Å². The molecule has 0 aromatic heterocycles. The predicted octanol–water partition coefficient (Wildman–Crippen LogP) is 4.22. The minimum atomic E-state index is 0.319. The first-order chi connectivity index (χ1) is 13.4. The lowest BCUT2D eigenvalue weighted by Gasteiger charge is -2.34. The van der Waals surface area contributed by atoms with Gasteiger partial charge in [-0.3, -0.25) is 9.69 Å². The van der Waals surface area contributed by atoms with Crippen LogP contribution in [0.4, 0.5) is 5.69 Å². The van der Waals surface area contributed by atoms with Crippen LogP contribution in [-0.2, 0) is 4.79 Å². The van der Waals surface area contributed by atoms with Crippen LogP contribution >= 0.6 is 0 Å². The summed E-state index contributed by atoms with van der Waals surface area (Å²) >= 11 is 0. The second kappa shape index (κ2) is 9.78. The Kier molecular flexibility index (Phi) is 7.39. The van der Waals surface area contributed by atoms with E-state index >= 15 is 0 Å². The van der Waals surface area contributed by atoms with Crippen molar-refractivity contribution in [2.24, 2.45) is 11.8 Å². The van der Waals surface area contributed by atoms with Gasteiger partial charge in [0.2, 0.25) is 5.91 Å². The largest absolute Gasteiger partial charge is 0.370 e. The van der Waals surface area contributed by atoms with Crippen LogP contribution in [-0.4, -0.2) is 61.5 Å². The quantitative estimate of drug-likeness (QED) is 0.759. The Hall–Kier alpha value is -1.55. The van der Waals surface area contributed by atoms with E-state index in [4.69, 9.17) is 0 Å². The predicted molar refractivity (Wildman–Crippen MR) is 118 cm³/mol. The number of carbonyl (C=O) groups excluding carboxylic acids is 1. The van der Waals surface area contributed by atoms with E-state index in [9.17, 15) is 4.79 Å². The van der Waals surface area contributed by atoms with Crippen molar-refractivity contribution < 1.29 is 4.79 Å². The van der Waals surface area contributed by atoms with Crippen molar-refractivity contribution in [2.45, 2.75) is 52.9 Å². The molecule has 1 amide bonds. The summed E-state index contributed by atoms with van der Waals surface area (Å²) in [7, 11) is 0. The maximum Gasteiger partial charge on any atom is 0.236 e. The number of hydrogen-bond acceptors (Lipinski definition) is 3. The molecule has 0 radical (unpaired) electrons. The number of likely N-dealkylation sites (tertiary alicyclic amines) is 1. The lowest BCUT2D eigenvalue weighted by atomic mass is 9.87. The monoisotopic (exact) mass is 385 g/mol. The summed E-state index contributed by atoms with van der Waals surface area (Å²) in [6, 6.07) is 8.97. The maximum absolute atomic E-state index is 12.9. The van der Waals surface area contributed by atoms with Crippen molar-refractivity contribution in [3.8, 4) is 0 Å². The molecule has 0 unspecified atom stereocenters. The molecule has 0 bridgehead atoms. The highest BCUT2D eigenvalue weighted by Crippen LogP contribution is 2.25. The number of carbonyl (C=O) groups is 1. The number of piperidine rings is 1. The summed E-state index contributed by atoms with van der Waals surface area (Å²) in [5.41, 5.74) is 2.67. The van der Waals surface area contributed by atoms with Gasteiger partial charge in [0.1, 0.15) is 0 Å². The highest BCUT2D eigenvalue weighted by molar-refractivity contribution is 5.78. The van der Waals surface area contributed by atoms with Crippen molar-refractivity contribution in [1.29, 1.82) is 0 Å². The fourth-order valence-electron chi connectivity index (χ4n) is 4.56. The molecule has 0 spiro atoms. The van der Waals surface area contributed by atoms with Crippen molar-refractivity contribution >= 4 is 11.6 Å². The van der Waals surface area contributed by atoms with E-state index in [-0.39, 0.29) is 0 Å². The third kappa shape index (κ3) is 5.50. The van der Waals surface area contributed by atoms with E-state index in [2.05, 4.69) is 66.7 Å². The average Bonchev–Trinajstić information content (AvgIpc) is 2.95. The Morgan fingerprint density at radius 2 is 1.61 bits per heavy atom. The van der Waals surface area contributed by atoms with Crippen LogP contribution in [0.15, 0.2) is 24.3 Å². The van der Waals surface area contributed by atoms with Crippen LogP contribution in [0, 0.1) is 11.8 Å². The van der Waals surface area contributed by atoms with Crippen LogP contribution in [0.3, 0.4) is 0 Å². The zero-order valence-corrected chi connectivity index (χ0v) is 18.4. The van der Waals surface area contributed by atoms with Crippen molar-refractivity contribution in [3.05, 3.63) is 29.8 Å². The summed E-state index contributed by atoms with van der Waals surface area (Å²) < 4.78 is 0. The molecule has 2 fully saturated rings. The molecule has 0 atom stereocenters. The van der Waals surface area contributed by atoms with Crippen LogP contribution in [0.1, 0.15) is 58.4 Å². The van der Waals surface area contributed by atoms with E-state index in [1.54, 1.807) is 0 Å². The highest BCUT2D eigenvalue weighted by atomic mass is 16.2. The van der Waals surface area contributed by atoms with Crippen molar-refractivity contribution in [3.63, 3.8) is 0 Å². The molecule has 1 aromatic rings. The molecule has 1 aromatic carbocycles. The van der Waals surface area contributed by atoms with E-state index in [1.807, 2.05) is 0 Å². The second-order valence-electron chi connectivity index (χ2n) is 9.33. The minimum absolute atomic E-state index is 0.319. The van der Waals surface area contributed by atoms with E-state index in [0.717, 1.165) is 57.5 Å². The van der Waals surface area contributed by atoms with Gasteiger partial charge in [-0.1, -0.05) is 39.8 Å². The number of benzene rings is 1. The van der Waals surface area contributed by atoms with Gasteiger partial charge in [0.05, 0.1) is 6.54 Å². The summed E-state index contributed by atoms with van der Waals surface area (Å²) in [5, 5.41) is 0. The lowest BCUT2D eigenvalue weighted by molar-refractivity contribution is -0.132. The fourth-order valence-corrected chi connectivity index (χ4v) is 4.56. The normalized spacial score (nSPS) is 20.1. The Morgan fingerprint density at radius 1 is 0.929 bits per heavy atom. The van der Waals surface area contributed by atoms with Gasteiger partial charge in [-0.2, -0.15) is 0 Å². The molecule has 2 aliphatic rings. The van der Waals surface area contributed by atoms with E-state index in [0.29, 0.717) is 18.4 Å². The smallest absolute Gasteiger partial charge is 0.236 e. The van der Waals surface area contributed by atoms with Gasteiger partial charge in [0, 0.05) is 31.9 Å². The molecule has 2 aliphatic heterocycles. The zero-order valence-electron chi connectivity index (χ0n) is 18.4. The molecule has 2 heterocycles. The zero-order chi connectivity index (χ0) is 20.1. The number of hydrogen-bond donors (Lipinski definition) is 0. The van der Waals surface area contributed by atoms with Crippen molar-refractivity contribution in [1.82, 2.24) is 9.80 Å². The summed E-state index contributed by atoms with van der Waals surface area (Å²) in [6.45, 7) is 15.6. The Bertz CT molecular complexity index is 617. The molecule has 4 nitrogen and oxygen atoms in total. The number of amides is 1. The molecule has 3 rings (SSSR count). The van der Waals surface area contributed by atoms with Crippen LogP contribution in [0.25, 0.3) is 0 Å². The first kappa shape index (κ1) is 21.2. The summed E-state index contributed by atoms with van der Waals surface area (Å²) in [4.78, 5) is 19.8. The third-order valence-electron chi connectivity index (χ3n) is 6.71. The first-order valence-corrected chi connectivity index (χ1v) is 11.3. The lowest BCUT2D eigenvalue weighted by Crippen LogP contribution is -2.45. The topological polar surface area (TPSA) is 26.8 Å². The SMILES string of the molecule is CC(C)c1ccc(N2CCCN(C(=O)CN3CCC(C(C)C)CC3)CC2)cc1. The van der Waals surface area contributed by atoms with Gasteiger partial charge >= 0.3 is 0 Å². The molecule has 0 saturated carbocycles. The third-order valence-corrected chi connectivity index (χ3v) is 6.71. The van der Waals surface area contributed by atoms with Crippen LogP contribution < -0.4 is 4.90 Å². The summed E-state index contributed by atoms with van der Waals surface area (Å²) in [5.74, 6) is 2.49. The first-order valence-electron chi connectivity index (χ1n) is 11.3. The molecular formula is C24H39N3O. The Balaban J connectivity index is 1.48. The highest BCUT2D eigenvalue weighted by Gasteiger charge is 2.25. The average molecular weight is 386 g/mol. The Labute approximate surface area is 171 Å². The van der Waals surface area contributed by atoms with Gasteiger partial charge in [-0.25, -0.2) is 0 Å². The minimum Gasteiger partial charge on any atom is -0.370 e. The standard InChI is InChI=1S/C24H39N3O/c1-19(2)21-6-8-23(9-7-21)26-12-5-13-27(17-16-26)24(28)18-25-14-10-22(11-15-25)20(3)4/h6-9,19-20,22H,5,10-18H2,1-4H3. The maximum atomic E-state index is 12.9. The van der Waals surface area contributed by atoms with Gasteiger partial charge in [-0.15, -0.1) is 0 Å². The summed E-state index contributed by atoms with van der Waals surface area (Å²) in [6.07, 6.45) is 3.53. The second-order valence-corrected chi connectivity index (χ2v) is 9.33. The van der Waals surface area contributed by atoms with Gasteiger partial charge in [0.15, 0.2) is 0 Å². The molecule has 0 aliphatic carbocycles. The fraction of sp³-hybridized carbons (Fsp3) is 0.708. The molecule has 2 saturated heterocycles. The molecule has 4 heteroatoms. The van der Waals surface area contributed by atoms with E-state index < -0.39 is 0 Å². The van der Waals surface area contributed by atoms with E-state index in [1.165, 1.54) is 24.1 Å². The van der Waals surface area contributed by atoms with Gasteiger partial charge in [-0.05, 0) is 67.8 Å². The number of anilines is 1. The molecule has 156 valence electrons. The Morgan fingerprint density at radius 3 is 2.21 bits per heavy atom. The number of nitrogens with zero attached hydrogens (tertiary/aromatic N) is 3. The van der Waals surface area contributed by atoms with Crippen LogP contribution in [0.5, 0.6) is 0 Å². The van der Waals surface area contributed by atoms with Crippen molar-refractivity contribution in [2.75, 3.05) is 50.7 Å².